The van der Waals surface area contributed by atoms with E-state index in [1.54, 1.807) is 66.3 Å². The summed E-state index contributed by atoms with van der Waals surface area (Å²) in [5.74, 6) is 0.0614. The molecule has 0 radical (unpaired) electrons. The van der Waals surface area contributed by atoms with Gasteiger partial charge in [0.25, 0.3) is 17.7 Å². The molecule has 1 aromatic heterocycles. The average Bonchev–Trinajstić information content (AvgIpc) is 3.67. The van der Waals surface area contributed by atoms with E-state index in [0.29, 0.717) is 47.1 Å². The number of anilines is 1. The SMILES string of the molecule is COc1cccc2c1OCc1cn(nn1)[C@@H]1CN(C(=O)c3ccc4c(c3)N(C)C(=O)CO4)C[C@@H]1CC(=O)NCCN(C)C2=O. The lowest BCUT2D eigenvalue weighted by Crippen LogP contribution is -2.37. The fourth-order valence-corrected chi connectivity index (χ4v) is 5.77. The molecule has 14 nitrogen and oxygen atoms in total. The van der Waals surface area contributed by atoms with E-state index >= 15 is 0 Å². The summed E-state index contributed by atoms with van der Waals surface area (Å²) >= 11 is 0. The number of carbonyl (C=O) groups excluding carboxylic acids is 4. The summed E-state index contributed by atoms with van der Waals surface area (Å²) in [6.07, 6.45) is 1.88. The fourth-order valence-electron chi connectivity index (χ4n) is 5.77. The monoisotopic (exact) mass is 603 g/mol. The maximum atomic E-state index is 13.7. The number of likely N-dealkylation sites (N-methyl/N-ethyl adjacent to an activating group) is 2. The first-order valence-electron chi connectivity index (χ1n) is 14.3. The Labute approximate surface area is 253 Å². The van der Waals surface area contributed by atoms with Gasteiger partial charge in [0.15, 0.2) is 18.1 Å². The molecule has 3 aromatic rings. The molecule has 0 spiro atoms. The smallest absolute Gasteiger partial charge is 0.264 e. The largest absolute Gasteiger partial charge is 0.493 e. The number of methoxy groups -OCH3 is 1. The molecule has 0 unspecified atom stereocenters. The molecule has 0 saturated carbocycles. The van der Waals surface area contributed by atoms with Gasteiger partial charge in [-0.3, -0.25) is 19.2 Å². The summed E-state index contributed by atoms with van der Waals surface area (Å²) in [4.78, 5) is 56.9. The van der Waals surface area contributed by atoms with E-state index in [4.69, 9.17) is 14.2 Å². The van der Waals surface area contributed by atoms with Crippen LogP contribution in [0.1, 0.15) is 38.9 Å². The predicted molar refractivity (Wildman–Crippen MR) is 156 cm³/mol. The van der Waals surface area contributed by atoms with Gasteiger partial charge in [0.05, 0.1) is 30.6 Å². The zero-order valence-electron chi connectivity index (χ0n) is 24.7. The second-order valence-corrected chi connectivity index (χ2v) is 11.1. The van der Waals surface area contributed by atoms with Gasteiger partial charge in [-0.15, -0.1) is 5.10 Å². The predicted octanol–water partition coefficient (Wildman–Crippen LogP) is 1.13. The Morgan fingerprint density at radius 3 is 2.73 bits per heavy atom. The van der Waals surface area contributed by atoms with Gasteiger partial charge in [-0.2, -0.15) is 0 Å². The number of nitrogens with one attached hydrogen (secondary N) is 1. The van der Waals surface area contributed by atoms with E-state index in [1.165, 1.54) is 16.9 Å². The maximum absolute atomic E-state index is 13.7. The fraction of sp³-hybridized carbons (Fsp3) is 0.400. The highest BCUT2D eigenvalue weighted by atomic mass is 16.5. The van der Waals surface area contributed by atoms with Crippen molar-refractivity contribution in [1.29, 1.82) is 0 Å². The van der Waals surface area contributed by atoms with Crippen LogP contribution in [0.4, 0.5) is 5.69 Å². The minimum atomic E-state index is -0.324. The molecule has 4 heterocycles. The summed E-state index contributed by atoms with van der Waals surface area (Å²) in [6.45, 7) is 1.11. The molecule has 2 aromatic carbocycles. The molecule has 2 bridgehead atoms. The van der Waals surface area contributed by atoms with E-state index in [1.807, 2.05) is 0 Å². The standard InChI is InChI=1S/C30H33N7O7/c1-34-10-9-31-26(38)12-19-13-36(29(40)18-7-8-24-22(11-18)35(2)27(39)17-43-24)15-23(19)37-14-20(32-33-37)16-44-28-21(30(34)41)5-4-6-25(28)42-3/h4-8,11,14,19,23H,9-10,12-13,15-17H2,1-3H3,(H,31,38)/t19-,23+/m0/s1. The third-order valence-electron chi connectivity index (χ3n) is 8.24. The minimum Gasteiger partial charge on any atom is -0.493 e. The molecular weight excluding hydrogens is 570 g/mol. The van der Waals surface area contributed by atoms with Gasteiger partial charge in [0.1, 0.15) is 18.1 Å². The lowest BCUT2D eigenvalue weighted by atomic mass is 9.99. The normalized spacial score (nSPS) is 20.6. The highest BCUT2D eigenvalue weighted by Crippen LogP contribution is 2.36. The molecule has 1 saturated heterocycles. The Bertz CT molecular complexity index is 1620. The molecule has 2 atom stereocenters. The van der Waals surface area contributed by atoms with Crippen LogP contribution in [0.15, 0.2) is 42.6 Å². The van der Waals surface area contributed by atoms with Crippen molar-refractivity contribution in [2.75, 3.05) is 58.9 Å². The number of rotatable bonds is 2. The summed E-state index contributed by atoms with van der Waals surface area (Å²) in [6, 6.07) is 9.78. The van der Waals surface area contributed by atoms with Gasteiger partial charge in [-0.05, 0) is 30.3 Å². The van der Waals surface area contributed by atoms with Crippen LogP contribution in [0, 0.1) is 5.92 Å². The lowest BCUT2D eigenvalue weighted by molar-refractivity contribution is -0.122. The maximum Gasteiger partial charge on any atom is 0.264 e. The van der Waals surface area contributed by atoms with Crippen LogP contribution in [0.3, 0.4) is 0 Å². The lowest BCUT2D eigenvalue weighted by Gasteiger charge is -2.26. The van der Waals surface area contributed by atoms with E-state index in [9.17, 15) is 19.2 Å². The summed E-state index contributed by atoms with van der Waals surface area (Å²) in [5, 5.41) is 11.5. The molecule has 3 aliphatic heterocycles. The van der Waals surface area contributed by atoms with Crippen molar-refractivity contribution in [3.05, 3.63) is 59.4 Å². The third-order valence-corrected chi connectivity index (χ3v) is 8.24. The molecule has 1 N–H and O–H groups in total. The molecule has 44 heavy (non-hydrogen) atoms. The molecule has 1 fully saturated rings. The van der Waals surface area contributed by atoms with E-state index in [2.05, 4.69) is 15.6 Å². The first kappa shape index (κ1) is 29.0. The number of ether oxygens (including phenoxy) is 3. The van der Waals surface area contributed by atoms with Crippen molar-refractivity contribution >= 4 is 29.3 Å². The quantitative estimate of drug-likeness (QED) is 0.455. The van der Waals surface area contributed by atoms with E-state index in [-0.39, 0.29) is 74.1 Å². The van der Waals surface area contributed by atoms with Crippen LogP contribution in [0.5, 0.6) is 17.2 Å². The van der Waals surface area contributed by atoms with Crippen molar-refractivity contribution in [3.63, 3.8) is 0 Å². The summed E-state index contributed by atoms with van der Waals surface area (Å²) in [7, 11) is 4.80. The number of benzene rings is 2. The van der Waals surface area contributed by atoms with Gasteiger partial charge >= 0.3 is 0 Å². The first-order chi connectivity index (χ1) is 21.2. The zero-order chi connectivity index (χ0) is 31.0. The van der Waals surface area contributed by atoms with Crippen LogP contribution >= 0.6 is 0 Å². The summed E-state index contributed by atoms with van der Waals surface area (Å²) < 4.78 is 18.7. The highest BCUT2D eigenvalue weighted by molar-refractivity contribution is 6.01. The van der Waals surface area contributed by atoms with Crippen molar-refractivity contribution in [1.82, 2.24) is 30.1 Å². The molecule has 3 aliphatic rings. The minimum absolute atomic E-state index is 0.0221. The number of nitrogens with zero attached hydrogens (tertiary/aromatic N) is 6. The second-order valence-electron chi connectivity index (χ2n) is 11.1. The van der Waals surface area contributed by atoms with Crippen LogP contribution in [-0.4, -0.2) is 102 Å². The van der Waals surface area contributed by atoms with Crippen LogP contribution < -0.4 is 24.4 Å². The number of likely N-dealkylation sites (tertiary alicyclic amines) is 1. The zero-order valence-corrected chi connectivity index (χ0v) is 24.7. The molecule has 0 aliphatic carbocycles. The summed E-state index contributed by atoms with van der Waals surface area (Å²) in [5.41, 5.74) is 1.76. The Morgan fingerprint density at radius 2 is 1.91 bits per heavy atom. The van der Waals surface area contributed by atoms with Crippen molar-refractivity contribution < 1.29 is 33.4 Å². The van der Waals surface area contributed by atoms with E-state index < -0.39 is 0 Å². The Kier molecular flexibility index (Phi) is 7.80. The van der Waals surface area contributed by atoms with Crippen LogP contribution in [-0.2, 0) is 16.2 Å². The number of hydrogen-bond acceptors (Lipinski definition) is 9. The molecule has 230 valence electrons. The Morgan fingerprint density at radius 1 is 1.07 bits per heavy atom. The number of hydrogen-bond donors (Lipinski definition) is 1. The molecular formula is C30H33N7O7. The average molecular weight is 604 g/mol. The van der Waals surface area contributed by atoms with Crippen LogP contribution in [0.25, 0.3) is 0 Å². The van der Waals surface area contributed by atoms with Crippen LogP contribution in [0.2, 0.25) is 0 Å². The number of carbonyl (C=O) groups is 4. The molecule has 4 amide bonds. The number of para-hydroxylation sites is 1. The number of amides is 4. The van der Waals surface area contributed by atoms with Gasteiger partial charge in [-0.25, -0.2) is 4.68 Å². The molecule has 14 heteroatoms. The molecule has 6 rings (SSSR count). The van der Waals surface area contributed by atoms with Gasteiger partial charge in [-0.1, -0.05) is 11.3 Å². The second kappa shape index (κ2) is 11.9. The van der Waals surface area contributed by atoms with Crippen molar-refractivity contribution in [2.45, 2.75) is 19.1 Å². The third kappa shape index (κ3) is 5.50. The van der Waals surface area contributed by atoms with Crippen molar-refractivity contribution in [2.24, 2.45) is 5.92 Å². The first-order valence-corrected chi connectivity index (χ1v) is 14.3. The topological polar surface area (TPSA) is 148 Å². The van der Waals surface area contributed by atoms with Gasteiger partial charge in [0.2, 0.25) is 5.91 Å². The Balaban J connectivity index is 1.27. The Hall–Kier alpha value is -5.14. The number of fused-ring (bicyclic) bond motifs is 6. The van der Waals surface area contributed by atoms with Crippen molar-refractivity contribution in [3.8, 4) is 17.2 Å². The highest BCUT2D eigenvalue weighted by Gasteiger charge is 2.39. The van der Waals surface area contributed by atoms with Gasteiger partial charge in [0, 0.05) is 58.2 Å². The van der Waals surface area contributed by atoms with E-state index in [0.717, 1.165) is 0 Å². The number of aromatic nitrogens is 3. The van der Waals surface area contributed by atoms with Gasteiger partial charge < -0.3 is 34.2 Å².